The first-order valence-electron chi connectivity index (χ1n) is 5.11. The molecule has 1 aliphatic carbocycles. The van der Waals surface area contributed by atoms with Gasteiger partial charge in [-0.05, 0) is 25.7 Å². The Kier molecular flexibility index (Phi) is 4.43. The number of carbonyl (C=O) groups excluding carboxylic acids is 2. The monoisotopic (exact) mass is 200 g/mol. The molecule has 1 aliphatic rings. The molecule has 14 heavy (non-hydrogen) atoms. The van der Waals surface area contributed by atoms with Crippen LogP contribution >= 0.6 is 0 Å². The highest BCUT2D eigenvalue weighted by molar-refractivity contribution is 6.29. The summed E-state index contributed by atoms with van der Waals surface area (Å²) in [7, 11) is 0. The van der Waals surface area contributed by atoms with Gasteiger partial charge < -0.3 is 9.47 Å². The summed E-state index contributed by atoms with van der Waals surface area (Å²) in [4.78, 5) is 22.0. The van der Waals surface area contributed by atoms with E-state index < -0.39 is 11.9 Å². The summed E-state index contributed by atoms with van der Waals surface area (Å²) in [5.41, 5.74) is 0. The van der Waals surface area contributed by atoms with Crippen molar-refractivity contribution >= 4 is 11.9 Å². The molecule has 1 saturated carbocycles. The highest BCUT2D eigenvalue weighted by Gasteiger charge is 2.26. The van der Waals surface area contributed by atoms with Gasteiger partial charge in [0.2, 0.25) is 0 Å². The fourth-order valence-electron chi connectivity index (χ4n) is 1.06. The lowest BCUT2D eigenvalue weighted by atomic mass is 9.96. The fraction of sp³-hybridized carbons (Fsp3) is 0.800. The van der Waals surface area contributed by atoms with Crippen LogP contribution in [0, 0.1) is 0 Å². The number of hydrogen-bond acceptors (Lipinski definition) is 4. The number of unbranched alkanes of at least 4 members (excludes halogenated alkanes) is 1. The molecule has 0 aliphatic heterocycles. The van der Waals surface area contributed by atoms with Gasteiger partial charge in [-0.3, -0.25) is 0 Å². The molecule has 4 nitrogen and oxygen atoms in total. The Morgan fingerprint density at radius 3 is 2.50 bits per heavy atom. The lowest BCUT2D eigenvalue weighted by molar-refractivity contribution is -0.173. The zero-order valence-corrected chi connectivity index (χ0v) is 8.45. The fourth-order valence-corrected chi connectivity index (χ4v) is 1.06. The second-order valence-electron chi connectivity index (χ2n) is 3.45. The molecule has 0 heterocycles. The molecule has 0 N–H and O–H groups in total. The van der Waals surface area contributed by atoms with Crippen molar-refractivity contribution in [1.29, 1.82) is 0 Å². The van der Waals surface area contributed by atoms with Gasteiger partial charge in [0.15, 0.2) is 0 Å². The number of esters is 2. The highest BCUT2D eigenvalue weighted by atomic mass is 16.6. The molecule has 1 fully saturated rings. The van der Waals surface area contributed by atoms with Crippen LogP contribution in [0.15, 0.2) is 0 Å². The maximum Gasteiger partial charge on any atom is 0.417 e. The zero-order valence-electron chi connectivity index (χ0n) is 8.45. The number of ether oxygens (including phenoxy) is 2. The van der Waals surface area contributed by atoms with Crippen LogP contribution in [0.5, 0.6) is 0 Å². The SMILES string of the molecule is CCCCOC(=O)C(=O)OC1CCC1. The first-order valence-corrected chi connectivity index (χ1v) is 5.11. The summed E-state index contributed by atoms with van der Waals surface area (Å²) in [5, 5.41) is 0. The Morgan fingerprint density at radius 2 is 2.00 bits per heavy atom. The van der Waals surface area contributed by atoms with E-state index in [4.69, 9.17) is 9.47 Å². The van der Waals surface area contributed by atoms with E-state index in [1.165, 1.54) is 0 Å². The van der Waals surface area contributed by atoms with Crippen molar-refractivity contribution in [1.82, 2.24) is 0 Å². The standard InChI is InChI=1S/C10H16O4/c1-2-3-7-13-9(11)10(12)14-8-5-4-6-8/h8H,2-7H2,1H3. The third kappa shape index (κ3) is 3.36. The maximum atomic E-state index is 11.0. The number of hydrogen-bond donors (Lipinski definition) is 0. The van der Waals surface area contributed by atoms with Gasteiger partial charge in [-0.2, -0.15) is 0 Å². The lowest BCUT2D eigenvalue weighted by Gasteiger charge is -2.24. The highest BCUT2D eigenvalue weighted by Crippen LogP contribution is 2.21. The van der Waals surface area contributed by atoms with E-state index in [0.29, 0.717) is 6.61 Å². The molecule has 0 aromatic heterocycles. The van der Waals surface area contributed by atoms with E-state index in [-0.39, 0.29) is 6.10 Å². The molecule has 0 atom stereocenters. The summed E-state index contributed by atoms with van der Waals surface area (Å²) < 4.78 is 9.57. The van der Waals surface area contributed by atoms with Gasteiger partial charge in [-0.15, -0.1) is 0 Å². The largest absolute Gasteiger partial charge is 0.457 e. The Morgan fingerprint density at radius 1 is 1.29 bits per heavy atom. The molecule has 0 aromatic rings. The predicted octanol–water partition coefficient (Wildman–Crippen LogP) is 1.43. The summed E-state index contributed by atoms with van der Waals surface area (Å²) >= 11 is 0. The van der Waals surface area contributed by atoms with Gasteiger partial charge in [-0.1, -0.05) is 13.3 Å². The quantitative estimate of drug-likeness (QED) is 0.391. The van der Waals surface area contributed by atoms with Crippen molar-refractivity contribution in [3.63, 3.8) is 0 Å². The van der Waals surface area contributed by atoms with Crippen molar-refractivity contribution in [3.8, 4) is 0 Å². The summed E-state index contributed by atoms with van der Waals surface area (Å²) in [5.74, 6) is -1.70. The van der Waals surface area contributed by atoms with Crippen LogP contribution in [-0.4, -0.2) is 24.6 Å². The van der Waals surface area contributed by atoms with E-state index in [2.05, 4.69) is 0 Å². The molecule has 0 aromatic carbocycles. The van der Waals surface area contributed by atoms with Crippen LogP contribution in [-0.2, 0) is 19.1 Å². The van der Waals surface area contributed by atoms with Gasteiger partial charge in [0, 0.05) is 0 Å². The maximum absolute atomic E-state index is 11.0. The number of carbonyl (C=O) groups is 2. The summed E-state index contributed by atoms with van der Waals surface area (Å²) in [6.45, 7) is 2.29. The minimum absolute atomic E-state index is 0.0544. The zero-order chi connectivity index (χ0) is 10.4. The predicted molar refractivity (Wildman–Crippen MR) is 49.6 cm³/mol. The first-order chi connectivity index (χ1) is 6.74. The average Bonchev–Trinajstić information content (AvgIpc) is 2.11. The molecule has 0 saturated heterocycles. The topological polar surface area (TPSA) is 52.6 Å². The van der Waals surface area contributed by atoms with E-state index >= 15 is 0 Å². The summed E-state index contributed by atoms with van der Waals surface area (Å²) in [6.07, 6.45) is 4.47. The van der Waals surface area contributed by atoms with Crippen LogP contribution in [0.3, 0.4) is 0 Å². The van der Waals surface area contributed by atoms with Crippen molar-refractivity contribution < 1.29 is 19.1 Å². The lowest BCUT2D eigenvalue weighted by Crippen LogP contribution is -2.30. The Labute approximate surface area is 83.6 Å². The molecule has 0 radical (unpaired) electrons. The second kappa shape index (κ2) is 5.62. The first kappa shape index (κ1) is 11.0. The Hall–Kier alpha value is -1.06. The molecule has 80 valence electrons. The van der Waals surface area contributed by atoms with E-state index in [9.17, 15) is 9.59 Å². The second-order valence-corrected chi connectivity index (χ2v) is 3.45. The molecular weight excluding hydrogens is 184 g/mol. The van der Waals surface area contributed by atoms with E-state index in [0.717, 1.165) is 32.1 Å². The third-order valence-electron chi connectivity index (χ3n) is 2.22. The number of rotatable bonds is 4. The van der Waals surface area contributed by atoms with Crippen LogP contribution in [0.2, 0.25) is 0 Å². The minimum Gasteiger partial charge on any atom is -0.457 e. The molecule has 0 spiro atoms. The van der Waals surface area contributed by atoms with Crippen molar-refractivity contribution in [2.45, 2.75) is 45.1 Å². The smallest absolute Gasteiger partial charge is 0.417 e. The normalized spacial score (nSPS) is 15.8. The summed E-state index contributed by atoms with van der Waals surface area (Å²) in [6, 6.07) is 0. The van der Waals surface area contributed by atoms with Crippen LogP contribution in [0.25, 0.3) is 0 Å². The van der Waals surface area contributed by atoms with Gasteiger partial charge in [0.05, 0.1) is 6.61 Å². The average molecular weight is 200 g/mol. The van der Waals surface area contributed by atoms with Crippen LogP contribution in [0.4, 0.5) is 0 Å². The van der Waals surface area contributed by atoms with E-state index in [1.54, 1.807) is 0 Å². The Balaban J connectivity index is 2.12. The van der Waals surface area contributed by atoms with Crippen molar-refractivity contribution in [3.05, 3.63) is 0 Å². The molecule has 0 bridgehead atoms. The molecular formula is C10H16O4. The molecule has 1 rings (SSSR count). The van der Waals surface area contributed by atoms with Crippen LogP contribution < -0.4 is 0 Å². The molecule has 0 amide bonds. The minimum atomic E-state index is -0.856. The molecule has 4 heteroatoms. The van der Waals surface area contributed by atoms with E-state index in [1.807, 2.05) is 6.92 Å². The van der Waals surface area contributed by atoms with Gasteiger partial charge in [0.1, 0.15) is 6.10 Å². The van der Waals surface area contributed by atoms with Crippen LogP contribution in [0.1, 0.15) is 39.0 Å². The van der Waals surface area contributed by atoms with Gasteiger partial charge in [0.25, 0.3) is 0 Å². The van der Waals surface area contributed by atoms with Gasteiger partial charge >= 0.3 is 11.9 Å². The van der Waals surface area contributed by atoms with Crippen molar-refractivity contribution in [2.75, 3.05) is 6.61 Å². The molecule has 0 unspecified atom stereocenters. The third-order valence-corrected chi connectivity index (χ3v) is 2.22. The van der Waals surface area contributed by atoms with Crippen molar-refractivity contribution in [2.24, 2.45) is 0 Å². The van der Waals surface area contributed by atoms with Gasteiger partial charge in [-0.25, -0.2) is 9.59 Å². The Bertz CT molecular complexity index is 208.